The van der Waals surface area contributed by atoms with Gasteiger partial charge < -0.3 is 20.9 Å². The average Bonchev–Trinajstić information content (AvgIpc) is 3.25. The minimum absolute atomic E-state index is 0.0469. The highest BCUT2D eigenvalue weighted by molar-refractivity contribution is 7.14. The first-order chi connectivity index (χ1) is 13.2. The van der Waals surface area contributed by atoms with Crippen molar-refractivity contribution in [3.8, 4) is 0 Å². The third-order valence-electron chi connectivity index (χ3n) is 4.63. The first-order valence-corrected chi connectivity index (χ1v) is 10.2. The molecule has 0 saturated carbocycles. The number of hydrogen-bond acceptors (Lipinski definition) is 4. The van der Waals surface area contributed by atoms with Crippen molar-refractivity contribution in [2.75, 3.05) is 31.6 Å². The fourth-order valence-electron chi connectivity index (χ4n) is 3.11. The van der Waals surface area contributed by atoms with Gasteiger partial charge in [-0.3, -0.25) is 9.79 Å². The van der Waals surface area contributed by atoms with E-state index in [-0.39, 0.29) is 12.5 Å². The Balaban J connectivity index is 1.36. The van der Waals surface area contributed by atoms with Crippen LogP contribution in [0.3, 0.4) is 0 Å². The Bertz CT molecular complexity index is 724. The van der Waals surface area contributed by atoms with E-state index in [9.17, 15) is 4.79 Å². The molecule has 0 atom stereocenters. The second-order valence-corrected chi connectivity index (χ2v) is 7.47. The summed E-state index contributed by atoms with van der Waals surface area (Å²) >= 11 is 1.79. The molecule has 27 heavy (non-hydrogen) atoms. The first kappa shape index (κ1) is 19.2. The summed E-state index contributed by atoms with van der Waals surface area (Å²) in [5, 5.41) is 12.9. The molecule has 3 N–H and O–H groups in total. The molecule has 144 valence electrons. The van der Waals surface area contributed by atoms with Gasteiger partial charge in [-0.1, -0.05) is 30.3 Å². The monoisotopic (exact) mass is 385 g/mol. The minimum atomic E-state index is -0.0469. The number of piperidine rings is 1. The van der Waals surface area contributed by atoms with Crippen LogP contribution in [-0.4, -0.2) is 44.6 Å². The highest BCUT2D eigenvalue weighted by Gasteiger charge is 2.20. The quantitative estimate of drug-likeness (QED) is 0.527. The number of anilines is 1. The molecule has 0 aliphatic carbocycles. The number of nitrogens with one attached hydrogen (secondary N) is 3. The van der Waals surface area contributed by atoms with Crippen molar-refractivity contribution in [1.29, 1.82) is 0 Å². The van der Waals surface area contributed by atoms with Crippen molar-refractivity contribution < 1.29 is 4.79 Å². The molecule has 1 fully saturated rings. The number of thiophene rings is 1. The lowest BCUT2D eigenvalue weighted by Crippen LogP contribution is -2.50. The molecule has 2 heterocycles. The molecule has 0 unspecified atom stereocenters. The van der Waals surface area contributed by atoms with Crippen molar-refractivity contribution in [3.63, 3.8) is 0 Å². The molecule has 0 bridgehead atoms. The van der Waals surface area contributed by atoms with Gasteiger partial charge in [-0.15, -0.1) is 11.3 Å². The van der Waals surface area contributed by atoms with Gasteiger partial charge in [0.15, 0.2) is 5.96 Å². The van der Waals surface area contributed by atoms with Gasteiger partial charge >= 0.3 is 0 Å². The number of aliphatic imine (C=N–C) groups is 1. The fourth-order valence-corrected chi connectivity index (χ4v) is 3.89. The van der Waals surface area contributed by atoms with Gasteiger partial charge in [0.25, 0.3) is 0 Å². The zero-order chi connectivity index (χ0) is 18.9. The average molecular weight is 386 g/mol. The van der Waals surface area contributed by atoms with E-state index in [2.05, 4.69) is 43.4 Å². The summed E-state index contributed by atoms with van der Waals surface area (Å²) < 4.78 is 0. The number of nitrogens with zero attached hydrogens (tertiary/aromatic N) is 2. The maximum Gasteiger partial charge on any atom is 0.239 e. The second-order valence-electron chi connectivity index (χ2n) is 6.55. The molecule has 1 aliphatic rings. The smallest absolute Gasteiger partial charge is 0.239 e. The maximum absolute atomic E-state index is 12.0. The molecule has 1 aromatic carbocycles. The van der Waals surface area contributed by atoms with Crippen LogP contribution in [0.2, 0.25) is 0 Å². The molecule has 0 radical (unpaired) electrons. The Kier molecular flexibility index (Phi) is 7.10. The normalized spacial score (nSPS) is 15.4. The molecule has 7 heteroatoms. The van der Waals surface area contributed by atoms with Crippen molar-refractivity contribution in [1.82, 2.24) is 16.0 Å². The lowest BCUT2D eigenvalue weighted by atomic mass is 10.1. The van der Waals surface area contributed by atoms with E-state index in [1.54, 1.807) is 18.4 Å². The molecule has 3 rings (SSSR count). The summed E-state index contributed by atoms with van der Waals surface area (Å²) in [4.78, 5) is 18.7. The molecule has 1 amide bonds. The van der Waals surface area contributed by atoms with Crippen LogP contribution in [0.5, 0.6) is 0 Å². The third-order valence-corrected chi connectivity index (χ3v) is 5.56. The Morgan fingerprint density at radius 1 is 1.15 bits per heavy atom. The number of amides is 1. The highest BCUT2D eigenvalue weighted by atomic mass is 32.1. The predicted octanol–water partition coefficient (Wildman–Crippen LogP) is 2.20. The Morgan fingerprint density at radius 3 is 2.59 bits per heavy atom. The summed E-state index contributed by atoms with van der Waals surface area (Å²) in [6.45, 7) is 2.81. The van der Waals surface area contributed by atoms with Crippen LogP contribution in [-0.2, 0) is 11.3 Å². The number of rotatable bonds is 6. The van der Waals surface area contributed by atoms with E-state index in [1.165, 1.54) is 5.00 Å². The molecule has 1 aliphatic heterocycles. The molecule has 0 spiro atoms. The highest BCUT2D eigenvalue weighted by Crippen LogP contribution is 2.24. The van der Waals surface area contributed by atoms with Gasteiger partial charge in [0.1, 0.15) is 0 Å². The SMILES string of the molecule is CN=C(NCC(=O)NCc1ccccc1)NC1CCN(c2cccs2)CC1. The van der Waals surface area contributed by atoms with Crippen LogP contribution in [0.4, 0.5) is 5.00 Å². The van der Waals surface area contributed by atoms with Gasteiger partial charge in [-0.05, 0) is 35.9 Å². The summed E-state index contributed by atoms with van der Waals surface area (Å²) in [6, 6.07) is 14.5. The molecule has 2 aromatic rings. The van der Waals surface area contributed by atoms with Crippen LogP contribution in [0.15, 0.2) is 52.8 Å². The van der Waals surface area contributed by atoms with Crippen LogP contribution < -0.4 is 20.9 Å². The number of hydrogen-bond donors (Lipinski definition) is 3. The zero-order valence-corrected chi connectivity index (χ0v) is 16.5. The van der Waals surface area contributed by atoms with E-state index in [4.69, 9.17) is 0 Å². The van der Waals surface area contributed by atoms with Gasteiger partial charge in [-0.2, -0.15) is 0 Å². The summed E-state index contributed by atoms with van der Waals surface area (Å²) in [7, 11) is 1.73. The van der Waals surface area contributed by atoms with E-state index >= 15 is 0 Å². The number of guanidine groups is 1. The lowest BCUT2D eigenvalue weighted by molar-refractivity contribution is -0.120. The van der Waals surface area contributed by atoms with E-state index in [0.29, 0.717) is 18.5 Å². The second kappa shape index (κ2) is 9.97. The number of benzene rings is 1. The molecule has 1 aromatic heterocycles. The Labute approximate surface area is 164 Å². The largest absolute Gasteiger partial charge is 0.363 e. The minimum Gasteiger partial charge on any atom is -0.363 e. The fraction of sp³-hybridized carbons (Fsp3) is 0.400. The van der Waals surface area contributed by atoms with Crippen molar-refractivity contribution in [3.05, 3.63) is 53.4 Å². The summed E-state index contributed by atoms with van der Waals surface area (Å²) in [5.41, 5.74) is 1.09. The van der Waals surface area contributed by atoms with E-state index in [1.807, 2.05) is 30.3 Å². The molecule has 6 nitrogen and oxygen atoms in total. The predicted molar refractivity (Wildman–Crippen MR) is 112 cm³/mol. The van der Waals surface area contributed by atoms with Gasteiger partial charge in [0.05, 0.1) is 11.5 Å². The Hall–Kier alpha value is -2.54. The number of carbonyl (C=O) groups is 1. The van der Waals surface area contributed by atoms with Gasteiger partial charge in [0, 0.05) is 32.7 Å². The first-order valence-electron chi connectivity index (χ1n) is 9.31. The summed E-state index contributed by atoms with van der Waals surface area (Å²) in [5.74, 6) is 0.633. The van der Waals surface area contributed by atoms with Crippen LogP contribution in [0.1, 0.15) is 18.4 Å². The molecule has 1 saturated heterocycles. The topological polar surface area (TPSA) is 68.8 Å². The Morgan fingerprint density at radius 2 is 1.93 bits per heavy atom. The van der Waals surface area contributed by atoms with Crippen LogP contribution in [0.25, 0.3) is 0 Å². The van der Waals surface area contributed by atoms with Crippen molar-refractivity contribution in [2.45, 2.75) is 25.4 Å². The van der Waals surface area contributed by atoms with E-state index < -0.39 is 0 Å². The molecular formula is C20H27N5OS. The van der Waals surface area contributed by atoms with Crippen LogP contribution >= 0.6 is 11.3 Å². The van der Waals surface area contributed by atoms with E-state index in [0.717, 1.165) is 31.5 Å². The third kappa shape index (κ3) is 5.99. The van der Waals surface area contributed by atoms with Gasteiger partial charge in [-0.25, -0.2) is 0 Å². The van der Waals surface area contributed by atoms with Crippen molar-refractivity contribution >= 4 is 28.2 Å². The van der Waals surface area contributed by atoms with Crippen LogP contribution in [0, 0.1) is 0 Å². The maximum atomic E-state index is 12.0. The standard InChI is InChI=1S/C20H27N5OS/c1-21-20(23-15-18(26)22-14-16-6-3-2-4-7-16)24-17-9-11-25(12-10-17)19-8-5-13-27-19/h2-8,13,17H,9-12,14-15H2,1H3,(H,22,26)(H2,21,23,24). The summed E-state index contributed by atoms with van der Waals surface area (Å²) in [6.07, 6.45) is 2.11. The molecular weight excluding hydrogens is 358 g/mol. The van der Waals surface area contributed by atoms with Gasteiger partial charge in [0.2, 0.25) is 5.91 Å². The lowest BCUT2D eigenvalue weighted by Gasteiger charge is -2.33. The zero-order valence-electron chi connectivity index (χ0n) is 15.6. The van der Waals surface area contributed by atoms with Crippen molar-refractivity contribution in [2.24, 2.45) is 4.99 Å². The number of carbonyl (C=O) groups excluding carboxylic acids is 1.